The number of benzene rings is 1. The van der Waals surface area contributed by atoms with Crippen LogP contribution in [0.3, 0.4) is 0 Å². The van der Waals surface area contributed by atoms with Crippen LogP contribution < -0.4 is 0 Å². The zero-order chi connectivity index (χ0) is 20.4. The SMILES string of the molecule is O=C(O)C1C2C=CC(C2)C1C(=O)N(CCN1CCOCC1)Cc1ccccc1F. The summed E-state index contributed by atoms with van der Waals surface area (Å²) >= 11 is 0. The maximum Gasteiger partial charge on any atom is 0.307 e. The molecule has 0 radical (unpaired) electrons. The highest BCUT2D eigenvalue weighted by Crippen LogP contribution is 2.48. The molecular formula is C22H27FN2O4. The molecule has 2 aliphatic carbocycles. The summed E-state index contributed by atoms with van der Waals surface area (Å²) < 4.78 is 19.6. The second-order valence-corrected chi connectivity index (χ2v) is 8.14. The number of nitrogens with zero attached hydrogens (tertiary/aromatic N) is 2. The number of fused-ring (bicyclic) bond motifs is 2. The summed E-state index contributed by atoms with van der Waals surface area (Å²) in [5, 5.41) is 9.72. The molecule has 1 amide bonds. The number of aliphatic carboxylic acids is 1. The minimum absolute atomic E-state index is 0.0416. The molecule has 1 heterocycles. The van der Waals surface area contributed by atoms with Gasteiger partial charge in [-0.05, 0) is 24.3 Å². The van der Waals surface area contributed by atoms with Gasteiger partial charge in [0, 0.05) is 38.3 Å². The van der Waals surface area contributed by atoms with Gasteiger partial charge in [-0.15, -0.1) is 0 Å². The van der Waals surface area contributed by atoms with Gasteiger partial charge in [0.25, 0.3) is 0 Å². The Balaban J connectivity index is 1.53. The Morgan fingerprint density at radius 3 is 2.52 bits per heavy atom. The van der Waals surface area contributed by atoms with Gasteiger partial charge in [0.15, 0.2) is 0 Å². The third-order valence-electron chi connectivity index (χ3n) is 6.45. The van der Waals surface area contributed by atoms with Crippen molar-refractivity contribution in [3.63, 3.8) is 0 Å². The lowest BCUT2D eigenvalue weighted by Crippen LogP contribution is -2.47. The summed E-state index contributed by atoms with van der Waals surface area (Å²) in [6.45, 7) is 4.20. The molecule has 2 fully saturated rings. The van der Waals surface area contributed by atoms with Crippen LogP contribution in [0.15, 0.2) is 36.4 Å². The van der Waals surface area contributed by atoms with Crippen molar-refractivity contribution < 1.29 is 23.8 Å². The Morgan fingerprint density at radius 1 is 1.14 bits per heavy atom. The van der Waals surface area contributed by atoms with Gasteiger partial charge in [-0.1, -0.05) is 30.4 Å². The molecule has 156 valence electrons. The monoisotopic (exact) mass is 402 g/mol. The quantitative estimate of drug-likeness (QED) is 0.707. The lowest BCUT2D eigenvalue weighted by molar-refractivity contribution is -0.151. The van der Waals surface area contributed by atoms with E-state index in [0.29, 0.717) is 38.3 Å². The van der Waals surface area contributed by atoms with Gasteiger partial charge in [-0.3, -0.25) is 14.5 Å². The van der Waals surface area contributed by atoms with Crippen molar-refractivity contribution in [1.82, 2.24) is 9.80 Å². The number of amides is 1. The first-order valence-corrected chi connectivity index (χ1v) is 10.3. The van der Waals surface area contributed by atoms with E-state index in [1.165, 1.54) is 6.07 Å². The molecule has 2 bridgehead atoms. The van der Waals surface area contributed by atoms with Crippen molar-refractivity contribution in [3.05, 3.63) is 47.8 Å². The Bertz CT molecular complexity index is 793. The number of carbonyl (C=O) groups excluding carboxylic acids is 1. The summed E-state index contributed by atoms with van der Waals surface area (Å²) in [4.78, 5) is 29.2. The number of carbonyl (C=O) groups is 2. The molecule has 1 aromatic carbocycles. The van der Waals surface area contributed by atoms with Crippen molar-refractivity contribution in [3.8, 4) is 0 Å². The molecule has 1 aliphatic heterocycles. The number of carboxylic acids is 1. The first-order chi connectivity index (χ1) is 14.0. The van der Waals surface area contributed by atoms with Gasteiger partial charge in [0.2, 0.25) is 5.91 Å². The highest BCUT2D eigenvalue weighted by Gasteiger charge is 2.52. The third-order valence-corrected chi connectivity index (χ3v) is 6.45. The molecule has 1 aromatic rings. The normalized spacial score (nSPS) is 28.6. The molecule has 0 aromatic heterocycles. The van der Waals surface area contributed by atoms with Crippen molar-refractivity contribution >= 4 is 11.9 Å². The average Bonchev–Trinajstić information content (AvgIpc) is 3.34. The standard InChI is InChI=1S/C22H27FN2O4/c23-18-4-2-1-3-17(18)14-25(8-7-24-9-11-29-12-10-24)21(26)19-15-5-6-16(13-15)20(19)22(27)28/h1-6,15-16,19-20H,7-14H2,(H,27,28). The van der Waals surface area contributed by atoms with Crippen LogP contribution in [-0.2, 0) is 20.9 Å². The molecule has 1 N–H and O–H groups in total. The van der Waals surface area contributed by atoms with E-state index in [1.807, 2.05) is 12.2 Å². The molecule has 4 atom stereocenters. The molecular weight excluding hydrogens is 375 g/mol. The Labute approximate surface area is 169 Å². The van der Waals surface area contributed by atoms with Crippen LogP contribution in [0.5, 0.6) is 0 Å². The number of carboxylic acid groups (broad SMARTS) is 1. The van der Waals surface area contributed by atoms with Crippen LogP contribution in [0.2, 0.25) is 0 Å². The lowest BCUT2D eigenvalue weighted by atomic mass is 9.82. The predicted octanol–water partition coefficient (Wildman–Crippen LogP) is 2.01. The number of halogens is 1. The van der Waals surface area contributed by atoms with Crippen LogP contribution in [0.25, 0.3) is 0 Å². The minimum atomic E-state index is -0.917. The van der Waals surface area contributed by atoms with Crippen LogP contribution in [0, 0.1) is 29.5 Å². The van der Waals surface area contributed by atoms with Crippen LogP contribution in [-0.4, -0.2) is 66.2 Å². The number of morpholine rings is 1. The maximum absolute atomic E-state index is 14.3. The Hall–Kier alpha value is -2.25. The molecule has 1 saturated carbocycles. The fourth-order valence-electron chi connectivity index (χ4n) is 4.89. The summed E-state index contributed by atoms with van der Waals surface area (Å²) in [5.74, 6) is -2.83. The van der Waals surface area contributed by atoms with Crippen LogP contribution in [0.1, 0.15) is 12.0 Å². The molecule has 4 unspecified atom stereocenters. The van der Waals surface area contributed by atoms with Gasteiger partial charge in [0.05, 0.1) is 25.0 Å². The van der Waals surface area contributed by atoms with Gasteiger partial charge in [-0.2, -0.15) is 0 Å². The van der Waals surface area contributed by atoms with E-state index in [0.717, 1.165) is 13.1 Å². The van der Waals surface area contributed by atoms with Crippen molar-refractivity contribution in [2.45, 2.75) is 13.0 Å². The smallest absolute Gasteiger partial charge is 0.307 e. The van der Waals surface area contributed by atoms with E-state index >= 15 is 0 Å². The summed E-state index contributed by atoms with van der Waals surface area (Å²) in [7, 11) is 0. The summed E-state index contributed by atoms with van der Waals surface area (Å²) in [6, 6.07) is 6.45. The fourth-order valence-corrected chi connectivity index (χ4v) is 4.89. The van der Waals surface area contributed by atoms with Crippen molar-refractivity contribution in [2.24, 2.45) is 23.7 Å². The molecule has 29 heavy (non-hydrogen) atoms. The molecule has 4 rings (SSSR count). The van der Waals surface area contributed by atoms with E-state index in [1.54, 1.807) is 23.1 Å². The molecule has 3 aliphatic rings. The average molecular weight is 402 g/mol. The predicted molar refractivity (Wildman–Crippen MR) is 104 cm³/mol. The van der Waals surface area contributed by atoms with E-state index in [9.17, 15) is 19.1 Å². The highest BCUT2D eigenvalue weighted by molar-refractivity contribution is 5.87. The van der Waals surface area contributed by atoms with Crippen molar-refractivity contribution in [2.75, 3.05) is 39.4 Å². The van der Waals surface area contributed by atoms with E-state index in [4.69, 9.17) is 4.74 Å². The van der Waals surface area contributed by atoms with Gasteiger partial charge >= 0.3 is 5.97 Å². The second-order valence-electron chi connectivity index (χ2n) is 8.14. The maximum atomic E-state index is 14.3. The largest absolute Gasteiger partial charge is 0.481 e. The molecule has 7 heteroatoms. The number of ether oxygens (including phenoxy) is 1. The Morgan fingerprint density at radius 2 is 1.83 bits per heavy atom. The molecule has 1 saturated heterocycles. The van der Waals surface area contributed by atoms with Crippen LogP contribution >= 0.6 is 0 Å². The number of hydrogen-bond acceptors (Lipinski definition) is 4. The zero-order valence-corrected chi connectivity index (χ0v) is 16.4. The first kappa shape index (κ1) is 20.0. The fraction of sp³-hybridized carbons (Fsp3) is 0.545. The van der Waals surface area contributed by atoms with E-state index in [-0.39, 0.29) is 30.1 Å². The summed E-state index contributed by atoms with van der Waals surface area (Å²) in [5.41, 5.74) is 0.452. The Kier molecular flexibility index (Phi) is 5.96. The minimum Gasteiger partial charge on any atom is -0.481 e. The first-order valence-electron chi connectivity index (χ1n) is 10.3. The van der Waals surface area contributed by atoms with Crippen molar-refractivity contribution in [1.29, 1.82) is 0 Å². The third kappa shape index (κ3) is 4.21. The number of hydrogen-bond donors (Lipinski definition) is 1. The van der Waals surface area contributed by atoms with E-state index in [2.05, 4.69) is 4.90 Å². The topological polar surface area (TPSA) is 70.1 Å². The molecule has 6 nitrogen and oxygen atoms in total. The van der Waals surface area contributed by atoms with E-state index < -0.39 is 17.8 Å². The zero-order valence-electron chi connectivity index (χ0n) is 16.4. The van der Waals surface area contributed by atoms with Gasteiger partial charge in [0.1, 0.15) is 5.82 Å². The van der Waals surface area contributed by atoms with Gasteiger partial charge < -0.3 is 14.7 Å². The number of allylic oxidation sites excluding steroid dienone is 2. The van der Waals surface area contributed by atoms with Crippen LogP contribution in [0.4, 0.5) is 4.39 Å². The lowest BCUT2D eigenvalue weighted by Gasteiger charge is -2.33. The number of rotatable bonds is 7. The highest BCUT2D eigenvalue weighted by atomic mass is 19.1. The van der Waals surface area contributed by atoms with Gasteiger partial charge in [-0.25, -0.2) is 4.39 Å². The second kappa shape index (κ2) is 8.63. The molecule has 0 spiro atoms. The summed E-state index contributed by atoms with van der Waals surface area (Å²) in [6.07, 6.45) is 4.63.